The minimum atomic E-state index is 0.734. The second-order valence-corrected chi connectivity index (χ2v) is 5.90. The normalized spacial score (nSPS) is 10.9. The highest BCUT2D eigenvalue weighted by Gasteiger charge is 2.06. The summed E-state index contributed by atoms with van der Waals surface area (Å²) in [6.07, 6.45) is 4.25. The molecule has 0 spiro atoms. The first kappa shape index (κ1) is 17.0. The molecule has 0 radical (unpaired) electrons. The van der Waals surface area contributed by atoms with E-state index in [1.807, 2.05) is 6.07 Å². The van der Waals surface area contributed by atoms with E-state index in [-0.39, 0.29) is 0 Å². The number of hydrogen-bond acceptors (Lipinski definition) is 2. The topological polar surface area (TPSA) is 18.5 Å². The van der Waals surface area contributed by atoms with Crippen LogP contribution in [0.1, 0.15) is 38.2 Å². The van der Waals surface area contributed by atoms with Crippen LogP contribution in [0.15, 0.2) is 30.3 Å². The third-order valence-electron chi connectivity index (χ3n) is 3.72. The second kappa shape index (κ2) is 8.89. The summed E-state index contributed by atoms with van der Waals surface area (Å²) in [6.45, 7) is 5.74. The smallest absolute Gasteiger partial charge is 0.122 e. The number of fused-ring (bicyclic) bond motifs is 1. The standard InChI is InChI=1S/C19H25ClO2/c1-3-12-22-19-10-7-16-14-17(8-9-18(16)15(19)2)21-13-6-4-5-11-20/h7-10,14H,3-6,11-13H2,1-2H3. The quantitative estimate of drug-likeness (QED) is 0.434. The Bertz CT molecular complexity index is 595. The molecule has 120 valence electrons. The predicted molar refractivity (Wildman–Crippen MR) is 94.5 cm³/mol. The number of benzene rings is 2. The summed E-state index contributed by atoms with van der Waals surface area (Å²) in [5.74, 6) is 2.64. The SMILES string of the molecule is CCCOc1ccc2cc(OCCCCCCl)ccc2c1C. The molecule has 0 saturated carbocycles. The van der Waals surface area contributed by atoms with Crippen LogP contribution in [-0.4, -0.2) is 19.1 Å². The van der Waals surface area contributed by atoms with Crippen molar-refractivity contribution in [3.8, 4) is 11.5 Å². The third-order valence-corrected chi connectivity index (χ3v) is 3.99. The molecule has 0 aliphatic rings. The number of unbranched alkanes of at least 4 members (excludes halogenated alkanes) is 2. The van der Waals surface area contributed by atoms with Gasteiger partial charge in [-0.25, -0.2) is 0 Å². The Labute approximate surface area is 138 Å². The zero-order valence-corrected chi connectivity index (χ0v) is 14.3. The Morgan fingerprint density at radius 3 is 2.59 bits per heavy atom. The number of halogens is 1. The van der Waals surface area contributed by atoms with Gasteiger partial charge in [-0.2, -0.15) is 0 Å². The molecule has 0 heterocycles. The van der Waals surface area contributed by atoms with Crippen LogP contribution in [0.2, 0.25) is 0 Å². The van der Waals surface area contributed by atoms with Crippen molar-refractivity contribution in [1.29, 1.82) is 0 Å². The molecule has 0 unspecified atom stereocenters. The highest BCUT2D eigenvalue weighted by molar-refractivity contribution is 6.17. The van der Waals surface area contributed by atoms with E-state index >= 15 is 0 Å². The van der Waals surface area contributed by atoms with Crippen molar-refractivity contribution < 1.29 is 9.47 Å². The summed E-state index contributed by atoms with van der Waals surface area (Å²) < 4.78 is 11.6. The number of hydrogen-bond donors (Lipinski definition) is 0. The first-order valence-electron chi connectivity index (χ1n) is 8.11. The first-order chi connectivity index (χ1) is 10.8. The largest absolute Gasteiger partial charge is 0.494 e. The fourth-order valence-corrected chi connectivity index (χ4v) is 2.65. The molecule has 0 aromatic heterocycles. The summed E-state index contributed by atoms with van der Waals surface area (Å²) in [7, 11) is 0. The molecule has 0 atom stereocenters. The Morgan fingerprint density at radius 1 is 0.955 bits per heavy atom. The summed E-state index contributed by atoms with van der Waals surface area (Å²) in [5, 5.41) is 2.42. The first-order valence-corrected chi connectivity index (χ1v) is 8.64. The fraction of sp³-hybridized carbons (Fsp3) is 0.474. The monoisotopic (exact) mass is 320 g/mol. The van der Waals surface area contributed by atoms with Crippen molar-refractivity contribution >= 4 is 22.4 Å². The molecule has 0 amide bonds. The van der Waals surface area contributed by atoms with Crippen LogP contribution in [0.5, 0.6) is 11.5 Å². The van der Waals surface area contributed by atoms with E-state index in [1.165, 1.54) is 16.3 Å². The average molecular weight is 321 g/mol. The van der Waals surface area contributed by atoms with Crippen LogP contribution in [0, 0.1) is 6.92 Å². The molecule has 2 nitrogen and oxygen atoms in total. The minimum absolute atomic E-state index is 0.734. The second-order valence-electron chi connectivity index (χ2n) is 5.52. The van der Waals surface area contributed by atoms with Crippen LogP contribution in [-0.2, 0) is 0 Å². The summed E-state index contributed by atoms with van der Waals surface area (Å²) in [6, 6.07) is 10.4. The van der Waals surface area contributed by atoms with Gasteiger partial charge in [0.05, 0.1) is 13.2 Å². The summed E-state index contributed by atoms with van der Waals surface area (Å²) in [4.78, 5) is 0. The lowest BCUT2D eigenvalue weighted by Crippen LogP contribution is -1.99. The molecular formula is C19H25ClO2. The van der Waals surface area contributed by atoms with Crippen LogP contribution >= 0.6 is 11.6 Å². The van der Waals surface area contributed by atoms with Crippen molar-refractivity contribution in [3.63, 3.8) is 0 Å². The lowest BCUT2D eigenvalue weighted by atomic mass is 10.0. The van der Waals surface area contributed by atoms with Gasteiger partial charge in [-0.3, -0.25) is 0 Å². The van der Waals surface area contributed by atoms with E-state index in [0.29, 0.717) is 0 Å². The Morgan fingerprint density at radius 2 is 1.82 bits per heavy atom. The summed E-state index contributed by atoms with van der Waals surface area (Å²) in [5.41, 5.74) is 1.19. The minimum Gasteiger partial charge on any atom is -0.494 e. The molecule has 0 aliphatic heterocycles. The van der Waals surface area contributed by atoms with Gasteiger partial charge >= 0.3 is 0 Å². The molecule has 2 rings (SSSR count). The van der Waals surface area contributed by atoms with E-state index in [2.05, 4.69) is 38.1 Å². The molecule has 2 aromatic carbocycles. The number of ether oxygens (including phenoxy) is 2. The highest BCUT2D eigenvalue weighted by atomic mass is 35.5. The molecule has 0 bridgehead atoms. The van der Waals surface area contributed by atoms with Crippen LogP contribution in [0.3, 0.4) is 0 Å². The number of rotatable bonds is 9. The van der Waals surface area contributed by atoms with Crippen molar-refractivity contribution in [2.24, 2.45) is 0 Å². The van der Waals surface area contributed by atoms with Crippen LogP contribution in [0.25, 0.3) is 10.8 Å². The molecule has 0 N–H and O–H groups in total. The van der Waals surface area contributed by atoms with E-state index in [0.717, 1.165) is 56.3 Å². The average Bonchev–Trinajstić information content (AvgIpc) is 2.54. The van der Waals surface area contributed by atoms with E-state index in [4.69, 9.17) is 21.1 Å². The van der Waals surface area contributed by atoms with Gasteiger partial charge in [-0.05, 0) is 67.1 Å². The van der Waals surface area contributed by atoms with Crippen molar-refractivity contribution in [2.45, 2.75) is 39.5 Å². The van der Waals surface area contributed by atoms with E-state index in [1.54, 1.807) is 0 Å². The zero-order chi connectivity index (χ0) is 15.8. The Hall–Kier alpha value is -1.41. The highest BCUT2D eigenvalue weighted by Crippen LogP contribution is 2.30. The molecular weight excluding hydrogens is 296 g/mol. The molecule has 3 heteroatoms. The Balaban J connectivity index is 2.04. The maximum Gasteiger partial charge on any atom is 0.122 e. The molecule has 0 aliphatic carbocycles. The van der Waals surface area contributed by atoms with Gasteiger partial charge in [0.15, 0.2) is 0 Å². The van der Waals surface area contributed by atoms with Gasteiger partial charge in [0.1, 0.15) is 11.5 Å². The zero-order valence-electron chi connectivity index (χ0n) is 13.5. The molecule has 22 heavy (non-hydrogen) atoms. The molecule has 0 saturated heterocycles. The van der Waals surface area contributed by atoms with Gasteiger partial charge in [0, 0.05) is 5.88 Å². The summed E-state index contributed by atoms with van der Waals surface area (Å²) >= 11 is 5.67. The number of alkyl halides is 1. The Kier molecular flexibility index (Phi) is 6.85. The fourth-order valence-electron chi connectivity index (χ4n) is 2.46. The van der Waals surface area contributed by atoms with E-state index < -0.39 is 0 Å². The molecule has 2 aromatic rings. The van der Waals surface area contributed by atoms with Crippen molar-refractivity contribution in [3.05, 3.63) is 35.9 Å². The van der Waals surface area contributed by atoms with Crippen molar-refractivity contribution in [2.75, 3.05) is 19.1 Å². The lowest BCUT2D eigenvalue weighted by Gasteiger charge is -2.12. The maximum atomic E-state index is 5.82. The lowest BCUT2D eigenvalue weighted by molar-refractivity contribution is 0.306. The van der Waals surface area contributed by atoms with Gasteiger partial charge in [-0.1, -0.05) is 19.1 Å². The van der Waals surface area contributed by atoms with Gasteiger partial charge < -0.3 is 9.47 Å². The van der Waals surface area contributed by atoms with Crippen LogP contribution < -0.4 is 9.47 Å². The van der Waals surface area contributed by atoms with Gasteiger partial charge in [-0.15, -0.1) is 11.6 Å². The van der Waals surface area contributed by atoms with Crippen molar-refractivity contribution in [1.82, 2.24) is 0 Å². The van der Waals surface area contributed by atoms with E-state index in [9.17, 15) is 0 Å². The number of aryl methyl sites for hydroxylation is 1. The van der Waals surface area contributed by atoms with Gasteiger partial charge in [0.25, 0.3) is 0 Å². The van der Waals surface area contributed by atoms with Crippen LogP contribution in [0.4, 0.5) is 0 Å². The molecule has 0 fully saturated rings. The maximum absolute atomic E-state index is 5.82. The predicted octanol–water partition coefficient (Wildman–Crippen LogP) is 5.72. The van der Waals surface area contributed by atoms with Gasteiger partial charge in [0.2, 0.25) is 0 Å². The third kappa shape index (κ3) is 4.54.